The first-order valence-corrected chi connectivity index (χ1v) is 8.18. The molecule has 0 aromatic heterocycles. The molecule has 1 atom stereocenters. The highest BCUT2D eigenvalue weighted by Gasteiger charge is 2.24. The van der Waals surface area contributed by atoms with E-state index in [4.69, 9.17) is 9.84 Å². The Morgan fingerprint density at radius 3 is 2.48 bits per heavy atom. The molecule has 118 valence electrons. The van der Waals surface area contributed by atoms with Crippen LogP contribution in [0.25, 0.3) is 0 Å². The molecule has 0 aliphatic rings. The number of carbonyl (C=O) groups is 1. The third kappa shape index (κ3) is 6.24. The van der Waals surface area contributed by atoms with Crippen molar-refractivity contribution in [3.05, 3.63) is 35.9 Å². The standard InChI is InChI=1S/C14H21NO5S/c1-15(9-8-14(16)17)21(18,19)11-13(20-2)10-12-6-4-3-5-7-12/h3-7,13H,8-11H2,1-2H3,(H,16,17). The fourth-order valence-electron chi connectivity index (χ4n) is 1.84. The molecule has 1 rings (SSSR count). The minimum Gasteiger partial charge on any atom is -0.481 e. The van der Waals surface area contributed by atoms with Crippen molar-refractivity contribution in [3.8, 4) is 0 Å². The Kier molecular flexibility index (Phi) is 6.80. The maximum atomic E-state index is 12.2. The molecule has 1 aromatic rings. The molecule has 1 aromatic carbocycles. The van der Waals surface area contributed by atoms with Gasteiger partial charge in [0.2, 0.25) is 10.0 Å². The molecule has 0 fully saturated rings. The summed E-state index contributed by atoms with van der Waals surface area (Å²) in [5, 5.41) is 8.60. The fraction of sp³-hybridized carbons (Fsp3) is 0.500. The molecular formula is C14H21NO5S. The number of ether oxygens (including phenoxy) is 1. The number of sulfonamides is 1. The van der Waals surface area contributed by atoms with Gasteiger partial charge in [-0.1, -0.05) is 30.3 Å². The summed E-state index contributed by atoms with van der Waals surface area (Å²) in [7, 11) is -0.687. The summed E-state index contributed by atoms with van der Waals surface area (Å²) >= 11 is 0. The van der Waals surface area contributed by atoms with Crippen molar-refractivity contribution in [1.82, 2.24) is 4.31 Å². The van der Waals surface area contributed by atoms with E-state index in [2.05, 4.69) is 0 Å². The van der Waals surface area contributed by atoms with Crippen LogP contribution in [-0.2, 0) is 26.0 Å². The molecule has 0 amide bonds. The number of methoxy groups -OCH3 is 1. The number of carboxylic acids is 1. The lowest BCUT2D eigenvalue weighted by atomic mass is 10.1. The van der Waals surface area contributed by atoms with Crippen molar-refractivity contribution < 1.29 is 23.1 Å². The van der Waals surface area contributed by atoms with Crippen molar-refractivity contribution in [3.63, 3.8) is 0 Å². The van der Waals surface area contributed by atoms with Crippen molar-refractivity contribution in [2.45, 2.75) is 18.9 Å². The Morgan fingerprint density at radius 2 is 1.95 bits per heavy atom. The van der Waals surface area contributed by atoms with Gasteiger partial charge in [0.05, 0.1) is 18.3 Å². The van der Waals surface area contributed by atoms with Gasteiger partial charge in [0.15, 0.2) is 0 Å². The van der Waals surface area contributed by atoms with Crippen LogP contribution in [0.5, 0.6) is 0 Å². The number of benzene rings is 1. The number of rotatable bonds is 9. The number of aliphatic carboxylic acids is 1. The van der Waals surface area contributed by atoms with Gasteiger partial charge in [-0.3, -0.25) is 4.79 Å². The van der Waals surface area contributed by atoms with Gasteiger partial charge in [-0.15, -0.1) is 0 Å². The second-order valence-corrected chi connectivity index (χ2v) is 6.91. The lowest BCUT2D eigenvalue weighted by Gasteiger charge is -2.21. The summed E-state index contributed by atoms with van der Waals surface area (Å²) in [5.41, 5.74) is 0.993. The van der Waals surface area contributed by atoms with Gasteiger partial charge >= 0.3 is 5.97 Å². The molecule has 0 spiro atoms. The first kappa shape index (κ1) is 17.6. The quantitative estimate of drug-likeness (QED) is 0.734. The van der Waals surface area contributed by atoms with E-state index in [1.165, 1.54) is 14.2 Å². The molecular weight excluding hydrogens is 294 g/mol. The third-order valence-electron chi connectivity index (χ3n) is 3.15. The van der Waals surface area contributed by atoms with Crippen LogP contribution < -0.4 is 0 Å². The Labute approximate surface area is 125 Å². The normalized spacial score (nSPS) is 13.3. The fourth-order valence-corrected chi connectivity index (χ4v) is 3.19. The molecule has 1 N–H and O–H groups in total. The van der Waals surface area contributed by atoms with E-state index in [-0.39, 0.29) is 18.7 Å². The highest BCUT2D eigenvalue weighted by Crippen LogP contribution is 2.10. The van der Waals surface area contributed by atoms with Gasteiger partial charge in [0.1, 0.15) is 0 Å². The topological polar surface area (TPSA) is 83.9 Å². The monoisotopic (exact) mass is 315 g/mol. The Bertz CT molecular complexity index is 544. The van der Waals surface area contributed by atoms with Crippen LogP contribution >= 0.6 is 0 Å². The zero-order valence-electron chi connectivity index (χ0n) is 12.2. The van der Waals surface area contributed by atoms with E-state index in [1.807, 2.05) is 30.3 Å². The summed E-state index contributed by atoms with van der Waals surface area (Å²) < 4.78 is 30.6. The van der Waals surface area contributed by atoms with Crippen molar-refractivity contribution in [2.75, 3.05) is 26.5 Å². The van der Waals surface area contributed by atoms with Crippen LogP contribution in [0, 0.1) is 0 Å². The molecule has 0 radical (unpaired) electrons. The van der Waals surface area contributed by atoms with Crippen LogP contribution in [-0.4, -0.2) is 56.4 Å². The molecule has 0 heterocycles. The third-order valence-corrected chi connectivity index (χ3v) is 5.08. The molecule has 21 heavy (non-hydrogen) atoms. The van der Waals surface area contributed by atoms with E-state index in [0.29, 0.717) is 6.42 Å². The zero-order chi connectivity index (χ0) is 15.9. The van der Waals surface area contributed by atoms with E-state index in [9.17, 15) is 13.2 Å². The van der Waals surface area contributed by atoms with Crippen molar-refractivity contribution in [2.24, 2.45) is 0 Å². The number of carboxylic acid groups (broad SMARTS) is 1. The molecule has 0 bridgehead atoms. The van der Waals surface area contributed by atoms with Gasteiger partial charge < -0.3 is 9.84 Å². The van der Waals surface area contributed by atoms with Crippen LogP contribution in [0.4, 0.5) is 0 Å². The van der Waals surface area contributed by atoms with E-state index in [1.54, 1.807) is 0 Å². The minimum atomic E-state index is -3.54. The highest BCUT2D eigenvalue weighted by atomic mass is 32.2. The minimum absolute atomic E-state index is 0.0422. The lowest BCUT2D eigenvalue weighted by molar-refractivity contribution is -0.137. The van der Waals surface area contributed by atoms with Gasteiger partial charge in [-0.05, 0) is 12.0 Å². The lowest BCUT2D eigenvalue weighted by Crippen LogP contribution is -2.36. The average molecular weight is 315 g/mol. The molecule has 6 nitrogen and oxygen atoms in total. The zero-order valence-corrected chi connectivity index (χ0v) is 13.0. The summed E-state index contributed by atoms with van der Waals surface area (Å²) in [6.45, 7) is -0.0422. The molecule has 1 unspecified atom stereocenters. The smallest absolute Gasteiger partial charge is 0.304 e. The summed E-state index contributed by atoms with van der Waals surface area (Å²) in [6.07, 6.45) is -0.195. The maximum absolute atomic E-state index is 12.2. The van der Waals surface area contributed by atoms with Crippen molar-refractivity contribution >= 4 is 16.0 Å². The van der Waals surface area contributed by atoms with Crippen LogP contribution in [0.3, 0.4) is 0 Å². The van der Waals surface area contributed by atoms with Crippen LogP contribution in [0.15, 0.2) is 30.3 Å². The first-order valence-electron chi connectivity index (χ1n) is 6.57. The van der Waals surface area contributed by atoms with Crippen LogP contribution in [0.2, 0.25) is 0 Å². The van der Waals surface area contributed by atoms with Gasteiger partial charge in [-0.2, -0.15) is 0 Å². The predicted molar refractivity (Wildman–Crippen MR) is 79.6 cm³/mol. The molecule has 0 saturated carbocycles. The largest absolute Gasteiger partial charge is 0.481 e. The molecule has 0 aliphatic heterocycles. The molecule has 0 saturated heterocycles. The molecule has 0 aliphatic carbocycles. The van der Waals surface area contributed by atoms with Crippen molar-refractivity contribution in [1.29, 1.82) is 0 Å². The van der Waals surface area contributed by atoms with Gasteiger partial charge in [-0.25, -0.2) is 12.7 Å². The SMILES string of the molecule is COC(Cc1ccccc1)CS(=O)(=O)N(C)CCC(=O)O. The Morgan fingerprint density at radius 1 is 1.33 bits per heavy atom. The molecule has 7 heteroatoms. The van der Waals surface area contributed by atoms with E-state index < -0.39 is 22.1 Å². The van der Waals surface area contributed by atoms with E-state index in [0.717, 1.165) is 9.87 Å². The maximum Gasteiger partial charge on any atom is 0.304 e. The summed E-state index contributed by atoms with van der Waals surface area (Å²) in [6, 6.07) is 9.48. The van der Waals surface area contributed by atoms with Gasteiger partial charge in [0, 0.05) is 20.7 Å². The average Bonchev–Trinajstić information content (AvgIpc) is 2.44. The second-order valence-electron chi connectivity index (χ2n) is 4.79. The number of hydrogen-bond acceptors (Lipinski definition) is 4. The van der Waals surface area contributed by atoms with Crippen LogP contribution in [0.1, 0.15) is 12.0 Å². The summed E-state index contributed by atoms with van der Waals surface area (Å²) in [5.74, 6) is -1.20. The predicted octanol–water partition coefficient (Wildman–Crippen LogP) is 0.980. The van der Waals surface area contributed by atoms with E-state index >= 15 is 0 Å². The first-order chi connectivity index (χ1) is 9.85. The second kappa shape index (κ2) is 8.11. The highest BCUT2D eigenvalue weighted by molar-refractivity contribution is 7.89. The van der Waals surface area contributed by atoms with Gasteiger partial charge in [0.25, 0.3) is 0 Å². The summed E-state index contributed by atoms with van der Waals surface area (Å²) in [4.78, 5) is 10.5. The Balaban J connectivity index is 2.64. The number of nitrogens with zero attached hydrogens (tertiary/aromatic N) is 1. The number of hydrogen-bond donors (Lipinski definition) is 1. The Hall–Kier alpha value is -1.44.